The highest BCUT2D eigenvalue weighted by atomic mass is 16.1. The zero-order valence-corrected chi connectivity index (χ0v) is 12.8. The molecule has 0 amide bonds. The molecule has 20 heavy (non-hydrogen) atoms. The first kappa shape index (κ1) is 14.5. The first-order chi connectivity index (χ1) is 9.45. The van der Waals surface area contributed by atoms with Gasteiger partial charge >= 0.3 is 0 Å². The third-order valence-electron chi connectivity index (χ3n) is 3.66. The molecule has 0 atom stereocenters. The molecular formula is C19H22O. The summed E-state index contributed by atoms with van der Waals surface area (Å²) in [7, 11) is 0. The summed E-state index contributed by atoms with van der Waals surface area (Å²) in [5, 5.41) is 0. The van der Waals surface area contributed by atoms with Gasteiger partial charge in [0.25, 0.3) is 0 Å². The standard InChI is InChI=1S/C19H22O/c1-13-5-6-17(16(4)10-13)7-8-19(20)18-11-14(2)9-15(3)12-18/h5-6,9-12H,7-8H2,1-4H3. The molecular weight excluding hydrogens is 244 g/mol. The number of carbonyl (C=O) groups excluding carboxylic acids is 1. The summed E-state index contributed by atoms with van der Waals surface area (Å²) in [5.41, 5.74) is 6.96. The first-order valence-electron chi connectivity index (χ1n) is 7.13. The maximum atomic E-state index is 12.3. The van der Waals surface area contributed by atoms with E-state index >= 15 is 0 Å². The fourth-order valence-corrected chi connectivity index (χ4v) is 2.65. The van der Waals surface area contributed by atoms with Gasteiger partial charge in [0.15, 0.2) is 5.78 Å². The third kappa shape index (κ3) is 3.57. The summed E-state index contributed by atoms with van der Waals surface area (Å²) in [4.78, 5) is 12.3. The van der Waals surface area contributed by atoms with E-state index < -0.39 is 0 Å². The van der Waals surface area contributed by atoms with Crippen LogP contribution >= 0.6 is 0 Å². The normalized spacial score (nSPS) is 10.6. The number of hydrogen-bond donors (Lipinski definition) is 0. The predicted octanol–water partition coefficient (Wildman–Crippen LogP) is 4.74. The first-order valence-corrected chi connectivity index (χ1v) is 7.13. The lowest BCUT2D eigenvalue weighted by atomic mass is 9.97. The average Bonchev–Trinajstić information content (AvgIpc) is 2.36. The van der Waals surface area contributed by atoms with Crippen molar-refractivity contribution in [3.63, 3.8) is 0 Å². The van der Waals surface area contributed by atoms with Crippen molar-refractivity contribution >= 4 is 5.78 Å². The van der Waals surface area contributed by atoms with Crippen molar-refractivity contribution in [2.24, 2.45) is 0 Å². The molecule has 0 heterocycles. The van der Waals surface area contributed by atoms with Crippen LogP contribution in [-0.2, 0) is 6.42 Å². The van der Waals surface area contributed by atoms with Crippen LogP contribution in [0.5, 0.6) is 0 Å². The quantitative estimate of drug-likeness (QED) is 0.731. The number of rotatable bonds is 4. The molecule has 2 aromatic rings. The van der Waals surface area contributed by atoms with E-state index in [9.17, 15) is 4.79 Å². The maximum absolute atomic E-state index is 12.3. The highest BCUT2D eigenvalue weighted by molar-refractivity contribution is 5.96. The Labute approximate surface area is 121 Å². The van der Waals surface area contributed by atoms with Crippen molar-refractivity contribution in [3.8, 4) is 0 Å². The van der Waals surface area contributed by atoms with Gasteiger partial charge in [-0.15, -0.1) is 0 Å². The van der Waals surface area contributed by atoms with Gasteiger partial charge in [0, 0.05) is 12.0 Å². The lowest BCUT2D eigenvalue weighted by Gasteiger charge is -2.07. The second kappa shape index (κ2) is 6.04. The molecule has 0 unspecified atom stereocenters. The summed E-state index contributed by atoms with van der Waals surface area (Å²) in [6, 6.07) is 12.5. The SMILES string of the molecule is Cc1cc(C)cc(C(=O)CCc2ccc(C)cc2C)c1. The Morgan fingerprint density at radius 3 is 2.10 bits per heavy atom. The summed E-state index contributed by atoms with van der Waals surface area (Å²) in [6.45, 7) is 8.28. The van der Waals surface area contributed by atoms with Gasteiger partial charge in [-0.1, -0.05) is 41.0 Å². The van der Waals surface area contributed by atoms with Gasteiger partial charge in [-0.3, -0.25) is 4.79 Å². The second-order valence-corrected chi connectivity index (χ2v) is 5.73. The number of ketones is 1. The third-order valence-corrected chi connectivity index (χ3v) is 3.66. The van der Waals surface area contributed by atoms with Crippen molar-refractivity contribution < 1.29 is 4.79 Å². The Hall–Kier alpha value is -1.89. The fraction of sp³-hybridized carbons (Fsp3) is 0.316. The molecule has 0 fully saturated rings. The molecule has 0 spiro atoms. The van der Waals surface area contributed by atoms with Crippen molar-refractivity contribution in [1.82, 2.24) is 0 Å². The molecule has 0 radical (unpaired) electrons. The van der Waals surface area contributed by atoms with Gasteiger partial charge in [0.05, 0.1) is 0 Å². The predicted molar refractivity (Wildman–Crippen MR) is 84.5 cm³/mol. The van der Waals surface area contributed by atoms with Gasteiger partial charge < -0.3 is 0 Å². The van der Waals surface area contributed by atoms with Crippen LogP contribution in [0.3, 0.4) is 0 Å². The summed E-state index contributed by atoms with van der Waals surface area (Å²) in [6.07, 6.45) is 1.39. The van der Waals surface area contributed by atoms with Crippen LogP contribution in [0.1, 0.15) is 44.6 Å². The van der Waals surface area contributed by atoms with Crippen LogP contribution in [0.2, 0.25) is 0 Å². The Morgan fingerprint density at radius 2 is 1.50 bits per heavy atom. The summed E-state index contributed by atoms with van der Waals surface area (Å²) < 4.78 is 0. The van der Waals surface area contributed by atoms with Crippen LogP contribution in [0.25, 0.3) is 0 Å². The molecule has 0 aliphatic heterocycles. The van der Waals surface area contributed by atoms with Gasteiger partial charge in [0.1, 0.15) is 0 Å². The van der Waals surface area contributed by atoms with Crippen LogP contribution in [0.15, 0.2) is 36.4 Å². The van der Waals surface area contributed by atoms with E-state index in [1.807, 2.05) is 26.0 Å². The largest absolute Gasteiger partial charge is 0.294 e. The Kier molecular flexibility index (Phi) is 4.39. The van der Waals surface area contributed by atoms with Crippen LogP contribution in [0, 0.1) is 27.7 Å². The van der Waals surface area contributed by atoms with E-state index in [4.69, 9.17) is 0 Å². The van der Waals surface area contributed by atoms with E-state index in [0.29, 0.717) is 6.42 Å². The van der Waals surface area contributed by atoms with Gasteiger partial charge in [0.2, 0.25) is 0 Å². The van der Waals surface area contributed by atoms with Crippen molar-refractivity contribution in [2.75, 3.05) is 0 Å². The molecule has 0 aromatic heterocycles. The minimum atomic E-state index is 0.233. The highest BCUT2D eigenvalue weighted by Crippen LogP contribution is 2.16. The molecule has 0 aliphatic carbocycles. The van der Waals surface area contributed by atoms with E-state index in [2.05, 4.69) is 38.1 Å². The molecule has 0 saturated carbocycles. The molecule has 0 aliphatic rings. The maximum Gasteiger partial charge on any atom is 0.163 e. The van der Waals surface area contributed by atoms with Crippen molar-refractivity contribution in [1.29, 1.82) is 0 Å². The topological polar surface area (TPSA) is 17.1 Å². The van der Waals surface area contributed by atoms with Gasteiger partial charge in [-0.2, -0.15) is 0 Å². The number of carbonyl (C=O) groups is 1. The minimum absolute atomic E-state index is 0.233. The fourth-order valence-electron chi connectivity index (χ4n) is 2.65. The Balaban J connectivity index is 2.08. The summed E-state index contributed by atoms with van der Waals surface area (Å²) in [5.74, 6) is 0.233. The van der Waals surface area contributed by atoms with Crippen LogP contribution in [0.4, 0.5) is 0 Å². The van der Waals surface area contributed by atoms with E-state index in [1.165, 1.54) is 16.7 Å². The van der Waals surface area contributed by atoms with Gasteiger partial charge in [-0.25, -0.2) is 0 Å². The number of aryl methyl sites for hydroxylation is 5. The molecule has 1 nitrogen and oxygen atoms in total. The lowest BCUT2D eigenvalue weighted by Crippen LogP contribution is -2.03. The number of benzene rings is 2. The van der Waals surface area contributed by atoms with Crippen LogP contribution < -0.4 is 0 Å². The number of Topliss-reactive ketones (excluding diaryl/α,β-unsaturated/α-hetero) is 1. The van der Waals surface area contributed by atoms with Crippen molar-refractivity contribution in [3.05, 3.63) is 69.8 Å². The Bertz CT molecular complexity index is 618. The van der Waals surface area contributed by atoms with E-state index in [0.717, 1.165) is 23.1 Å². The molecule has 2 rings (SSSR count). The molecule has 2 aromatic carbocycles. The molecule has 1 heteroatoms. The molecule has 104 valence electrons. The molecule has 0 bridgehead atoms. The zero-order valence-electron chi connectivity index (χ0n) is 12.8. The monoisotopic (exact) mass is 266 g/mol. The second-order valence-electron chi connectivity index (χ2n) is 5.73. The molecule has 0 N–H and O–H groups in total. The zero-order chi connectivity index (χ0) is 14.7. The summed E-state index contributed by atoms with van der Waals surface area (Å²) >= 11 is 0. The number of hydrogen-bond acceptors (Lipinski definition) is 1. The van der Waals surface area contributed by atoms with Gasteiger partial charge in [-0.05, 0) is 57.4 Å². The van der Waals surface area contributed by atoms with Crippen LogP contribution in [-0.4, -0.2) is 5.78 Å². The highest BCUT2D eigenvalue weighted by Gasteiger charge is 2.08. The minimum Gasteiger partial charge on any atom is -0.294 e. The average molecular weight is 266 g/mol. The molecule has 0 saturated heterocycles. The smallest absolute Gasteiger partial charge is 0.163 e. The Morgan fingerprint density at radius 1 is 0.850 bits per heavy atom. The lowest BCUT2D eigenvalue weighted by molar-refractivity contribution is 0.0982. The van der Waals surface area contributed by atoms with E-state index in [-0.39, 0.29) is 5.78 Å². The van der Waals surface area contributed by atoms with Crippen molar-refractivity contribution in [2.45, 2.75) is 40.5 Å². The van der Waals surface area contributed by atoms with E-state index in [1.54, 1.807) is 0 Å².